The van der Waals surface area contributed by atoms with Gasteiger partial charge in [-0.3, -0.25) is 0 Å². The Labute approximate surface area is 181 Å². The molecular formula is C22H25FN4O3S. The van der Waals surface area contributed by atoms with Gasteiger partial charge in [-0.1, -0.05) is 6.07 Å². The van der Waals surface area contributed by atoms with E-state index in [0.717, 1.165) is 11.4 Å². The predicted molar refractivity (Wildman–Crippen MR) is 117 cm³/mol. The molecule has 1 aliphatic heterocycles. The minimum atomic E-state index is -3.71. The Morgan fingerprint density at radius 2 is 1.65 bits per heavy atom. The first-order chi connectivity index (χ1) is 14.8. The second kappa shape index (κ2) is 8.32. The molecule has 0 saturated carbocycles. The summed E-state index contributed by atoms with van der Waals surface area (Å²) in [7, 11) is -2.09. The van der Waals surface area contributed by atoms with E-state index in [1.807, 2.05) is 24.3 Å². The number of halogens is 1. The number of ether oxygens (including phenoxy) is 1. The molecule has 2 heterocycles. The number of anilines is 1. The van der Waals surface area contributed by atoms with Crippen LogP contribution in [-0.2, 0) is 10.0 Å². The van der Waals surface area contributed by atoms with Gasteiger partial charge in [-0.15, -0.1) is 0 Å². The standard InChI is InChI=1S/C22H25FN4O3S/c1-16-22(17(2)27(24-16)19-9-7-18(23)8-10-19)31(28,29)26-13-11-25(12-14-26)20-5-4-6-21(15-20)30-3/h4-10,15H,11-14H2,1-3H3. The minimum absolute atomic E-state index is 0.214. The van der Waals surface area contributed by atoms with Crippen LogP contribution in [0.5, 0.6) is 5.75 Å². The van der Waals surface area contributed by atoms with Crippen molar-refractivity contribution in [2.24, 2.45) is 0 Å². The maximum atomic E-state index is 13.4. The molecule has 1 fully saturated rings. The number of hydrogen-bond donors (Lipinski definition) is 0. The van der Waals surface area contributed by atoms with Crippen molar-refractivity contribution < 1.29 is 17.5 Å². The van der Waals surface area contributed by atoms with Crippen molar-refractivity contribution in [3.8, 4) is 11.4 Å². The Morgan fingerprint density at radius 3 is 2.29 bits per heavy atom. The molecule has 2 aromatic carbocycles. The van der Waals surface area contributed by atoms with Crippen molar-refractivity contribution in [2.45, 2.75) is 18.7 Å². The summed E-state index contributed by atoms with van der Waals surface area (Å²) in [5, 5.41) is 4.42. The van der Waals surface area contributed by atoms with Crippen molar-refractivity contribution in [1.29, 1.82) is 0 Å². The largest absolute Gasteiger partial charge is 0.497 e. The van der Waals surface area contributed by atoms with Crippen LogP contribution in [0.4, 0.5) is 10.1 Å². The van der Waals surface area contributed by atoms with Gasteiger partial charge < -0.3 is 9.64 Å². The zero-order valence-electron chi connectivity index (χ0n) is 17.7. The molecule has 4 rings (SSSR count). The summed E-state index contributed by atoms with van der Waals surface area (Å²) >= 11 is 0. The van der Waals surface area contributed by atoms with Crippen LogP contribution in [0, 0.1) is 19.7 Å². The molecule has 164 valence electrons. The second-order valence-corrected chi connectivity index (χ2v) is 9.36. The molecule has 0 aliphatic carbocycles. The molecule has 3 aromatic rings. The Morgan fingerprint density at radius 1 is 0.968 bits per heavy atom. The highest BCUT2D eigenvalue weighted by Crippen LogP contribution is 2.28. The third-order valence-corrected chi connectivity index (χ3v) is 7.70. The fraction of sp³-hybridized carbons (Fsp3) is 0.318. The van der Waals surface area contributed by atoms with E-state index >= 15 is 0 Å². The lowest BCUT2D eigenvalue weighted by Gasteiger charge is -2.35. The fourth-order valence-corrected chi connectivity index (χ4v) is 5.73. The molecule has 0 N–H and O–H groups in total. The first-order valence-electron chi connectivity index (χ1n) is 10.0. The molecule has 0 amide bonds. The molecule has 1 aliphatic rings. The highest BCUT2D eigenvalue weighted by atomic mass is 32.2. The van der Waals surface area contributed by atoms with Gasteiger partial charge in [0.25, 0.3) is 0 Å². The van der Waals surface area contributed by atoms with Crippen molar-refractivity contribution in [2.75, 3.05) is 38.2 Å². The second-order valence-electron chi connectivity index (χ2n) is 7.48. The monoisotopic (exact) mass is 444 g/mol. The zero-order chi connectivity index (χ0) is 22.2. The van der Waals surface area contributed by atoms with Gasteiger partial charge in [0, 0.05) is 37.9 Å². The summed E-state index contributed by atoms with van der Waals surface area (Å²) in [5.74, 6) is 0.416. The average Bonchev–Trinajstić information content (AvgIpc) is 3.09. The fourth-order valence-electron chi connectivity index (χ4n) is 3.96. The third kappa shape index (κ3) is 4.03. The number of sulfonamides is 1. The van der Waals surface area contributed by atoms with E-state index in [2.05, 4.69) is 10.00 Å². The number of aromatic nitrogens is 2. The molecule has 0 atom stereocenters. The smallest absolute Gasteiger partial charge is 0.246 e. The summed E-state index contributed by atoms with van der Waals surface area (Å²) in [6, 6.07) is 13.6. The summed E-state index contributed by atoms with van der Waals surface area (Å²) in [5.41, 5.74) is 2.57. The minimum Gasteiger partial charge on any atom is -0.497 e. The molecule has 0 unspecified atom stereocenters. The van der Waals surface area contributed by atoms with Crippen LogP contribution in [-0.4, -0.2) is 55.8 Å². The van der Waals surface area contributed by atoms with Crippen molar-refractivity contribution in [3.05, 3.63) is 65.7 Å². The maximum Gasteiger partial charge on any atom is 0.246 e. The lowest BCUT2D eigenvalue weighted by atomic mass is 10.2. The number of rotatable bonds is 5. The van der Waals surface area contributed by atoms with Gasteiger partial charge in [0.1, 0.15) is 16.5 Å². The summed E-state index contributed by atoms with van der Waals surface area (Å²) in [6.07, 6.45) is 0. The van der Waals surface area contributed by atoms with E-state index < -0.39 is 10.0 Å². The van der Waals surface area contributed by atoms with E-state index in [0.29, 0.717) is 43.3 Å². The van der Waals surface area contributed by atoms with Gasteiger partial charge in [-0.05, 0) is 50.2 Å². The number of hydrogen-bond acceptors (Lipinski definition) is 5. The van der Waals surface area contributed by atoms with Crippen LogP contribution in [0.25, 0.3) is 5.69 Å². The van der Waals surface area contributed by atoms with Crippen molar-refractivity contribution >= 4 is 15.7 Å². The topological polar surface area (TPSA) is 67.7 Å². The first kappa shape index (κ1) is 21.3. The molecule has 0 radical (unpaired) electrons. The van der Waals surface area contributed by atoms with Crippen LogP contribution >= 0.6 is 0 Å². The van der Waals surface area contributed by atoms with Gasteiger partial charge >= 0.3 is 0 Å². The van der Waals surface area contributed by atoms with Crippen LogP contribution in [0.15, 0.2) is 53.4 Å². The average molecular weight is 445 g/mol. The van der Waals surface area contributed by atoms with E-state index in [1.165, 1.54) is 16.4 Å². The van der Waals surface area contributed by atoms with Gasteiger partial charge in [-0.25, -0.2) is 17.5 Å². The van der Waals surface area contributed by atoms with Crippen LogP contribution in [0.2, 0.25) is 0 Å². The summed E-state index contributed by atoms with van der Waals surface area (Å²) < 4.78 is 48.5. The lowest BCUT2D eigenvalue weighted by molar-refractivity contribution is 0.383. The Kier molecular flexibility index (Phi) is 5.72. The zero-order valence-corrected chi connectivity index (χ0v) is 18.6. The lowest BCUT2D eigenvalue weighted by Crippen LogP contribution is -2.48. The normalized spacial score (nSPS) is 15.3. The third-order valence-electron chi connectivity index (χ3n) is 5.55. The number of benzene rings is 2. The molecule has 9 heteroatoms. The predicted octanol–water partition coefficient (Wildman–Crippen LogP) is 3.15. The van der Waals surface area contributed by atoms with Crippen LogP contribution < -0.4 is 9.64 Å². The van der Waals surface area contributed by atoms with Crippen LogP contribution in [0.3, 0.4) is 0 Å². The Bertz CT molecular complexity index is 1180. The molecule has 0 bridgehead atoms. The van der Waals surface area contributed by atoms with Gasteiger partial charge in [0.15, 0.2) is 0 Å². The number of nitrogens with zero attached hydrogens (tertiary/aromatic N) is 4. The van der Waals surface area contributed by atoms with Crippen molar-refractivity contribution in [1.82, 2.24) is 14.1 Å². The van der Waals surface area contributed by atoms with Gasteiger partial charge in [-0.2, -0.15) is 9.40 Å². The van der Waals surface area contributed by atoms with E-state index in [4.69, 9.17) is 4.74 Å². The van der Waals surface area contributed by atoms with Gasteiger partial charge in [0.05, 0.1) is 24.2 Å². The number of piperazine rings is 1. The molecule has 1 saturated heterocycles. The molecule has 0 spiro atoms. The highest BCUT2D eigenvalue weighted by molar-refractivity contribution is 7.89. The first-order valence-corrected chi connectivity index (χ1v) is 11.5. The molecular weight excluding hydrogens is 419 g/mol. The SMILES string of the molecule is COc1cccc(N2CCN(S(=O)(=O)c3c(C)nn(-c4ccc(F)cc4)c3C)CC2)c1. The highest BCUT2D eigenvalue weighted by Gasteiger charge is 2.33. The Balaban J connectivity index is 1.56. The van der Waals surface area contributed by atoms with Crippen molar-refractivity contribution in [3.63, 3.8) is 0 Å². The quantitative estimate of drug-likeness (QED) is 0.605. The van der Waals surface area contributed by atoms with E-state index in [9.17, 15) is 12.8 Å². The van der Waals surface area contributed by atoms with E-state index in [1.54, 1.807) is 37.8 Å². The molecule has 31 heavy (non-hydrogen) atoms. The Hall–Kier alpha value is -2.91. The van der Waals surface area contributed by atoms with Gasteiger partial charge in [0.2, 0.25) is 10.0 Å². The maximum absolute atomic E-state index is 13.4. The molecule has 1 aromatic heterocycles. The van der Waals surface area contributed by atoms with E-state index in [-0.39, 0.29) is 10.7 Å². The number of aryl methyl sites for hydroxylation is 1. The number of methoxy groups -OCH3 is 1. The van der Waals surface area contributed by atoms with Crippen LogP contribution in [0.1, 0.15) is 11.4 Å². The molecule has 7 nitrogen and oxygen atoms in total. The summed E-state index contributed by atoms with van der Waals surface area (Å²) in [6.45, 7) is 5.32. The summed E-state index contributed by atoms with van der Waals surface area (Å²) in [4.78, 5) is 2.36.